The molecule has 3 rings (SSSR count). The van der Waals surface area contributed by atoms with E-state index in [0.717, 1.165) is 35.1 Å². The van der Waals surface area contributed by atoms with E-state index in [1.54, 1.807) is 4.90 Å². The van der Waals surface area contributed by atoms with Crippen LogP contribution >= 0.6 is 0 Å². The van der Waals surface area contributed by atoms with Crippen molar-refractivity contribution in [2.45, 2.75) is 12.7 Å². The van der Waals surface area contributed by atoms with Crippen LogP contribution in [-0.2, 0) is 6.42 Å². The average Bonchev–Trinajstić information content (AvgIpc) is 2.62. The fourth-order valence-electron chi connectivity index (χ4n) is 2.31. The summed E-state index contributed by atoms with van der Waals surface area (Å²) in [5.41, 5.74) is 2.93. The molecule has 1 aliphatic rings. The van der Waals surface area contributed by atoms with E-state index >= 15 is 0 Å². The fraction of sp³-hybridized carbons (Fsp3) is 0.333. The maximum atomic E-state index is 14.0. The standard InChI is InChI=1S/C12H13FN2/c1-15-7-6-10-11(12(15)13)8-4-2-3-5-9(8)14-10/h2-5,12,14H,6-7H2,1H3. The topological polar surface area (TPSA) is 19.0 Å². The van der Waals surface area contributed by atoms with Gasteiger partial charge in [0, 0.05) is 35.1 Å². The van der Waals surface area contributed by atoms with E-state index in [1.165, 1.54) is 0 Å². The highest BCUT2D eigenvalue weighted by molar-refractivity contribution is 5.85. The van der Waals surface area contributed by atoms with E-state index in [0.29, 0.717) is 0 Å². The molecule has 1 aliphatic heterocycles. The summed E-state index contributed by atoms with van der Waals surface area (Å²) in [7, 11) is 1.83. The molecule has 1 unspecified atom stereocenters. The van der Waals surface area contributed by atoms with Crippen molar-refractivity contribution in [3.05, 3.63) is 35.5 Å². The molecule has 0 saturated carbocycles. The molecule has 0 radical (unpaired) electrons. The van der Waals surface area contributed by atoms with Gasteiger partial charge >= 0.3 is 0 Å². The Labute approximate surface area is 87.7 Å². The third-order valence-electron chi connectivity index (χ3n) is 3.17. The molecule has 2 nitrogen and oxygen atoms in total. The molecular formula is C12H13FN2. The van der Waals surface area contributed by atoms with Crippen LogP contribution in [0.15, 0.2) is 24.3 Å². The Kier molecular flexibility index (Phi) is 1.83. The molecule has 1 N–H and O–H groups in total. The number of para-hydroxylation sites is 1. The summed E-state index contributed by atoms with van der Waals surface area (Å²) in [4.78, 5) is 5.05. The van der Waals surface area contributed by atoms with Crippen LogP contribution in [0.25, 0.3) is 10.9 Å². The van der Waals surface area contributed by atoms with Gasteiger partial charge < -0.3 is 4.98 Å². The van der Waals surface area contributed by atoms with E-state index < -0.39 is 6.30 Å². The summed E-state index contributed by atoms with van der Waals surface area (Å²) in [5.74, 6) is 0. The number of halogens is 1. The van der Waals surface area contributed by atoms with Crippen molar-refractivity contribution in [3.63, 3.8) is 0 Å². The van der Waals surface area contributed by atoms with Gasteiger partial charge in [0.05, 0.1) is 0 Å². The number of aromatic amines is 1. The third kappa shape index (κ3) is 1.20. The van der Waals surface area contributed by atoms with Gasteiger partial charge in [-0.05, 0) is 13.1 Å². The van der Waals surface area contributed by atoms with Crippen molar-refractivity contribution < 1.29 is 4.39 Å². The summed E-state index contributed by atoms with van der Waals surface area (Å²) in [6.45, 7) is 0.779. The van der Waals surface area contributed by atoms with Crippen molar-refractivity contribution in [1.29, 1.82) is 0 Å². The zero-order chi connectivity index (χ0) is 10.4. The Morgan fingerprint density at radius 3 is 3.07 bits per heavy atom. The second-order valence-electron chi connectivity index (χ2n) is 4.13. The van der Waals surface area contributed by atoms with Crippen LogP contribution < -0.4 is 0 Å². The molecule has 1 aromatic carbocycles. The molecule has 0 fully saturated rings. The predicted molar refractivity (Wildman–Crippen MR) is 58.5 cm³/mol. The third-order valence-corrected chi connectivity index (χ3v) is 3.17. The van der Waals surface area contributed by atoms with E-state index in [4.69, 9.17) is 0 Å². The first-order valence-electron chi connectivity index (χ1n) is 5.21. The van der Waals surface area contributed by atoms with Gasteiger partial charge in [-0.15, -0.1) is 0 Å². The zero-order valence-electron chi connectivity index (χ0n) is 8.63. The lowest BCUT2D eigenvalue weighted by Crippen LogP contribution is -2.29. The highest BCUT2D eigenvalue weighted by Gasteiger charge is 2.27. The maximum absolute atomic E-state index is 14.0. The van der Waals surface area contributed by atoms with Crippen LogP contribution in [0.1, 0.15) is 17.6 Å². The quantitative estimate of drug-likeness (QED) is 0.653. The molecule has 1 aromatic heterocycles. The first-order chi connectivity index (χ1) is 7.27. The van der Waals surface area contributed by atoms with Gasteiger partial charge in [-0.25, -0.2) is 4.39 Å². The minimum Gasteiger partial charge on any atom is -0.358 e. The van der Waals surface area contributed by atoms with Crippen LogP contribution in [0.3, 0.4) is 0 Å². The highest BCUT2D eigenvalue weighted by Crippen LogP contribution is 2.35. The number of nitrogens with one attached hydrogen (secondary N) is 1. The van der Waals surface area contributed by atoms with E-state index in [2.05, 4.69) is 4.98 Å². The minimum absolute atomic E-state index is 0.779. The molecule has 0 saturated heterocycles. The molecule has 0 amide bonds. The Hall–Kier alpha value is -1.35. The molecule has 0 spiro atoms. The highest BCUT2D eigenvalue weighted by atomic mass is 19.1. The number of nitrogens with zero attached hydrogens (tertiary/aromatic N) is 1. The lowest BCUT2D eigenvalue weighted by atomic mass is 10.0. The first-order valence-corrected chi connectivity index (χ1v) is 5.21. The molecule has 15 heavy (non-hydrogen) atoms. The van der Waals surface area contributed by atoms with Crippen molar-refractivity contribution in [1.82, 2.24) is 9.88 Å². The number of likely N-dealkylation sites (N-methyl/N-ethyl adjacent to an activating group) is 1. The Balaban J connectivity index is 2.29. The summed E-state index contributed by atoms with van der Waals surface area (Å²) >= 11 is 0. The normalized spacial score (nSPS) is 21.9. The van der Waals surface area contributed by atoms with Crippen LogP contribution in [-0.4, -0.2) is 23.5 Å². The summed E-state index contributed by atoms with van der Waals surface area (Å²) in [6, 6.07) is 7.91. The van der Waals surface area contributed by atoms with E-state index in [-0.39, 0.29) is 0 Å². The van der Waals surface area contributed by atoms with Crippen LogP contribution in [0.4, 0.5) is 4.39 Å². The van der Waals surface area contributed by atoms with Gasteiger partial charge in [-0.3, -0.25) is 4.90 Å². The first kappa shape index (κ1) is 8.92. The van der Waals surface area contributed by atoms with Crippen molar-refractivity contribution in [2.75, 3.05) is 13.6 Å². The van der Waals surface area contributed by atoms with Crippen LogP contribution in [0.5, 0.6) is 0 Å². The van der Waals surface area contributed by atoms with Gasteiger partial charge in [-0.2, -0.15) is 0 Å². The molecule has 0 aliphatic carbocycles. The van der Waals surface area contributed by atoms with Gasteiger partial charge in [0.15, 0.2) is 6.30 Å². The number of alkyl halides is 1. The minimum atomic E-state index is -0.968. The van der Waals surface area contributed by atoms with Gasteiger partial charge in [-0.1, -0.05) is 18.2 Å². The second-order valence-corrected chi connectivity index (χ2v) is 4.13. The summed E-state index contributed by atoms with van der Waals surface area (Å²) in [5, 5.41) is 1.02. The largest absolute Gasteiger partial charge is 0.358 e. The van der Waals surface area contributed by atoms with E-state index in [1.807, 2.05) is 31.3 Å². The van der Waals surface area contributed by atoms with Crippen molar-refractivity contribution >= 4 is 10.9 Å². The zero-order valence-corrected chi connectivity index (χ0v) is 8.63. The number of benzene rings is 1. The average molecular weight is 204 g/mol. The number of aromatic nitrogens is 1. The van der Waals surface area contributed by atoms with Gasteiger partial charge in [0.25, 0.3) is 0 Å². The molecule has 3 heteroatoms. The molecule has 2 aromatic rings. The number of fused-ring (bicyclic) bond motifs is 3. The second kappa shape index (κ2) is 3.07. The lowest BCUT2D eigenvalue weighted by molar-refractivity contribution is 0.101. The molecule has 2 heterocycles. The van der Waals surface area contributed by atoms with Gasteiger partial charge in [0.1, 0.15) is 0 Å². The van der Waals surface area contributed by atoms with Gasteiger partial charge in [0.2, 0.25) is 0 Å². The van der Waals surface area contributed by atoms with Crippen LogP contribution in [0.2, 0.25) is 0 Å². The number of hydrogen-bond donors (Lipinski definition) is 1. The number of hydrogen-bond acceptors (Lipinski definition) is 1. The van der Waals surface area contributed by atoms with Crippen molar-refractivity contribution in [2.24, 2.45) is 0 Å². The monoisotopic (exact) mass is 204 g/mol. The smallest absolute Gasteiger partial charge is 0.181 e. The van der Waals surface area contributed by atoms with Crippen LogP contribution in [0, 0.1) is 0 Å². The molecular weight excluding hydrogens is 191 g/mol. The number of H-pyrrole nitrogens is 1. The Morgan fingerprint density at radius 2 is 2.20 bits per heavy atom. The molecule has 78 valence electrons. The Bertz CT molecular complexity index is 503. The summed E-state index contributed by atoms with van der Waals surface area (Å²) in [6.07, 6.45) is -0.0640. The van der Waals surface area contributed by atoms with E-state index in [9.17, 15) is 4.39 Å². The SMILES string of the molecule is CN1CCc2[nH]c3ccccc3c2C1F. The lowest BCUT2D eigenvalue weighted by Gasteiger charge is -2.26. The molecule has 1 atom stereocenters. The summed E-state index contributed by atoms with van der Waals surface area (Å²) < 4.78 is 14.0. The maximum Gasteiger partial charge on any atom is 0.181 e. The number of rotatable bonds is 0. The van der Waals surface area contributed by atoms with Crippen molar-refractivity contribution in [3.8, 4) is 0 Å². The predicted octanol–water partition coefficient (Wildman–Crippen LogP) is 2.62. The molecule has 0 bridgehead atoms. The fourth-order valence-corrected chi connectivity index (χ4v) is 2.31. The Morgan fingerprint density at radius 1 is 1.40 bits per heavy atom.